The Labute approximate surface area is 192 Å². The van der Waals surface area contributed by atoms with Gasteiger partial charge in [0.15, 0.2) is 5.78 Å². The number of carbonyl (C=O) groups excluding carboxylic acids is 1. The lowest BCUT2D eigenvalue weighted by molar-refractivity contribution is -0.146. The van der Waals surface area contributed by atoms with Gasteiger partial charge in [-0.25, -0.2) is 4.39 Å². The van der Waals surface area contributed by atoms with Crippen molar-refractivity contribution in [2.45, 2.75) is 103 Å². The molecule has 0 bridgehead atoms. The van der Waals surface area contributed by atoms with Gasteiger partial charge in [-0.2, -0.15) is 5.10 Å². The molecule has 4 fully saturated rings. The molecule has 5 heteroatoms. The number of carbonyl (C=O) groups is 1. The van der Waals surface area contributed by atoms with E-state index in [-0.39, 0.29) is 35.5 Å². The largest absolute Gasteiger partial charge is 0.386 e. The maximum absolute atomic E-state index is 16.5. The van der Waals surface area contributed by atoms with Crippen molar-refractivity contribution in [1.82, 2.24) is 9.78 Å². The van der Waals surface area contributed by atoms with Crippen LogP contribution in [0.5, 0.6) is 0 Å². The zero-order valence-corrected chi connectivity index (χ0v) is 20.3. The van der Waals surface area contributed by atoms with Gasteiger partial charge in [0.1, 0.15) is 5.67 Å². The molecule has 1 heterocycles. The van der Waals surface area contributed by atoms with E-state index in [0.29, 0.717) is 17.8 Å². The third kappa shape index (κ3) is 3.49. The molecule has 2 unspecified atom stereocenters. The summed E-state index contributed by atoms with van der Waals surface area (Å²) < 4.78 is 18.1. The number of halogens is 1. The number of aliphatic hydroxyl groups is 1. The molecule has 0 saturated heterocycles. The molecule has 178 valence electrons. The summed E-state index contributed by atoms with van der Waals surface area (Å²) in [4.78, 5) is 13.4. The van der Waals surface area contributed by atoms with E-state index in [9.17, 15) is 9.90 Å². The third-order valence-corrected chi connectivity index (χ3v) is 10.3. The van der Waals surface area contributed by atoms with Gasteiger partial charge in [-0.05, 0) is 107 Å². The lowest BCUT2D eigenvalue weighted by atomic mass is 9.48. The van der Waals surface area contributed by atoms with Crippen molar-refractivity contribution >= 4 is 5.78 Å². The molecule has 1 aromatic rings. The minimum atomic E-state index is -0.957. The van der Waals surface area contributed by atoms with Crippen LogP contribution in [0.2, 0.25) is 0 Å². The summed E-state index contributed by atoms with van der Waals surface area (Å²) >= 11 is 0. The number of nitrogens with zero attached hydrogens (tertiary/aromatic N) is 2. The van der Waals surface area contributed by atoms with Crippen molar-refractivity contribution in [2.24, 2.45) is 40.9 Å². The maximum Gasteiger partial charge on any atom is 0.157 e. The fourth-order valence-electron chi connectivity index (χ4n) is 8.56. The van der Waals surface area contributed by atoms with Crippen LogP contribution in [0.1, 0.15) is 91.0 Å². The third-order valence-electron chi connectivity index (χ3n) is 10.3. The summed E-state index contributed by atoms with van der Waals surface area (Å²) in [5, 5.41) is 14.5. The number of rotatable bonds is 4. The predicted molar refractivity (Wildman–Crippen MR) is 123 cm³/mol. The molecule has 0 radical (unpaired) electrons. The summed E-state index contributed by atoms with van der Waals surface area (Å²) in [5.41, 5.74) is -1.19. The second kappa shape index (κ2) is 7.65. The first-order chi connectivity index (χ1) is 15.0. The molecule has 8 atom stereocenters. The van der Waals surface area contributed by atoms with Crippen molar-refractivity contribution < 1.29 is 14.3 Å². The zero-order valence-electron chi connectivity index (χ0n) is 20.3. The monoisotopic (exact) mass is 444 g/mol. The van der Waals surface area contributed by atoms with Crippen molar-refractivity contribution in [2.75, 3.05) is 0 Å². The average Bonchev–Trinajstić information content (AvgIpc) is 3.32. The molecule has 1 aromatic heterocycles. The summed E-state index contributed by atoms with van der Waals surface area (Å²) in [6.07, 6.45) is 12.4. The van der Waals surface area contributed by atoms with Crippen LogP contribution >= 0.6 is 0 Å². The lowest BCUT2D eigenvalue weighted by Crippen LogP contribution is -2.56. The van der Waals surface area contributed by atoms with Gasteiger partial charge in [0, 0.05) is 17.7 Å². The molecular weight excluding hydrogens is 403 g/mol. The second-order valence-electron chi connectivity index (χ2n) is 12.6. The van der Waals surface area contributed by atoms with Gasteiger partial charge in [-0.3, -0.25) is 9.48 Å². The fourth-order valence-corrected chi connectivity index (χ4v) is 8.56. The number of hydrogen-bond donors (Lipinski definition) is 1. The Morgan fingerprint density at radius 2 is 1.97 bits per heavy atom. The topological polar surface area (TPSA) is 55.1 Å². The van der Waals surface area contributed by atoms with E-state index >= 15 is 4.39 Å². The predicted octanol–water partition coefficient (Wildman–Crippen LogP) is 5.68. The van der Waals surface area contributed by atoms with Gasteiger partial charge in [0.05, 0.1) is 18.3 Å². The molecule has 0 aromatic carbocycles. The van der Waals surface area contributed by atoms with Gasteiger partial charge in [-0.15, -0.1) is 0 Å². The molecule has 4 nitrogen and oxygen atoms in total. The Morgan fingerprint density at radius 1 is 1.19 bits per heavy atom. The molecule has 1 N–H and O–H groups in total. The van der Waals surface area contributed by atoms with Crippen LogP contribution in [0.25, 0.3) is 0 Å². The van der Waals surface area contributed by atoms with E-state index in [4.69, 9.17) is 0 Å². The van der Waals surface area contributed by atoms with Crippen molar-refractivity contribution in [3.8, 4) is 0 Å². The number of fused-ring (bicyclic) bond motifs is 5. The SMILES string of the molecule is C[C@H]1CC[C@]2(F)C3CC[C@@]4(C)C(CC[C@@H]4C(=O)Cn4cc(C(C)(C)O)cn4)[C@@H]3CC[C@@H]2C1. The van der Waals surface area contributed by atoms with Crippen LogP contribution in [-0.2, 0) is 16.9 Å². The van der Waals surface area contributed by atoms with Gasteiger partial charge < -0.3 is 5.11 Å². The molecule has 0 spiro atoms. The average molecular weight is 445 g/mol. The highest BCUT2D eigenvalue weighted by molar-refractivity contribution is 5.82. The van der Waals surface area contributed by atoms with Crippen LogP contribution in [-0.4, -0.2) is 26.3 Å². The van der Waals surface area contributed by atoms with Crippen LogP contribution < -0.4 is 0 Å². The normalized spacial score (nSPS) is 43.9. The number of ketones is 1. The highest BCUT2D eigenvalue weighted by Gasteiger charge is 2.62. The quantitative estimate of drug-likeness (QED) is 0.650. The van der Waals surface area contributed by atoms with Gasteiger partial charge in [-0.1, -0.05) is 13.8 Å². The second-order valence-corrected chi connectivity index (χ2v) is 12.6. The van der Waals surface area contributed by atoms with Crippen molar-refractivity contribution in [3.05, 3.63) is 18.0 Å². The number of hydrogen-bond acceptors (Lipinski definition) is 3. The first-order valence-corrected chi connectivity index (χ1v) is 13.0. The molecule has 4 aliphatic carbocycles. The fraction of sp³-hybridized carbons (Fsp3) is 0.852. The van der Waals surface area contributed by atoms with Crippen LogP contribution in [0, 0.1) is 40.9 Å². The van der Waals surface area contributed by atoms with Crippen LogP contribution in [0.3, 0.4) is 0 Å². The van der Waals surface area contributed by atoms with E-state index in [1.807, 2.05) is 0 Å². The molecular formula is C27H41FN2O2. The zero-order chi connectivity index (χ0) is 22.9. The first-order valence-electron chi connectivity index (χ1n) is 13.0. The van der Waals surface area contributed by atoms with Crippen LogP contribution in [0.15, 0.2) is 12.4 Å². The van der Waals surface area contributed by atoms with E-state index < -0.39 is 11.3 Å². The van der Waals surface area contributed by atoms with E-state index in [2.05, 4.69) is 18.9 Å². The van der Waals surface area contributed by atoms with Gasteiger partial charge in [0.2, 0.25) is 0 Å². The lowest BCUT2D eigenvalue weighted by Gasteiger charge is -2.58. The van der Waals surface area contributed by atoms with E-state index in [1.165, 1.54) is 0 Å². The number of aromatic nitrogens is 2. The highest BCUT2D eigenvalue weighted by atomic mass is 19.1. The maximum atomic E-state index is 16.5. The molecule has 0 aliphatic heterocycles. The Morgan fingerprint density at radius 3 is 2.69 bits per heavy atom. The minimum absolute atomic E-state index is 0.00433. The molecule has 4 saturated carbocycles. The standard InChI is InChI=1S/C27H41FN2O2/c1-17-9-12-27(28)18(13-17)5-6-20-21-7-8-23(26(21,4)11-10-22(20)27)24(31)16-30-15-19(14-29-30)25(2,3)32/h14-15,17-18,20-23,32H,5-13,16H2,1-4H3/t17-,18+,20-,21?,22?,23+,26-,27+/m0/s1. The first kappa shape index (κ1) is 22.6. The number of alkyl halides is 1. The minimum Gasteiger partial charge on any atom is -0.386 e. The van der Waals surface area contributed by atoms with Gasteiger partial charge >= 0.3 is 0 Å². The highest BCUT2D eigenvalue weighted by Crippen LogP contribution is 2.66. The van der Waals surface area contributed by atoms with E-state index in [0.717, 1.165) is 63.4 Å². The Kier molecular flexibility index (Phi) is 5.39. The summed E-state index contributed by atoms with van der Waals surface area (Å²) in [6.45, 7) is 8.35. The summed E-state index contributed by atoms with van der Waals surface area (Å²) in [7, 11) is 0. The molecule has 5 rings (SSSR count). The van der Waals surface area contributed by atoms with Gasteiger partial charge in [0.25, 0.3) is 0 Å². The molecule has 0 amide bonds. The Hall–Kier alpha value is -1.23. The summed E-state index contributed by atoms with van der Waals surface area (Å²) in [6, 6.07) is 0. The summed E-state index contributed by atoms with van der Waals surface area (Å²) in [5.74, 6) is 2.38. The van der Waals surface area contributed by atoms with E-state index in [1.54, 1.807) is 30.9 Å². The number of Topliss-reactive ketones (excluding diaryl/α,β-unsaturated/α-hetero) is 1. The molecule has 4 aliphatic rings. The van der Waals surface area contributed by atoms with Crippen LogP contribution in [0.4, 0.5) is 4.39 Å². The Bertz CT molecular complexity index is 875. The van der Waals surface area contributed by atoms with Crippen molar-refractivity contribution in [3.63, 3.8) is 0 Å². The van der Waals surface area contributed by atoms with Crippen molar-refractivity contribution in [1.29, 1.82) is 0 Å². The smallest absolute Gasteiger partial charge is 0.157 e. The molecule has 32 heavy (non-hydrogen) atoms. The Balaban J connectivity index is 1.32.